The van der Waals surface area contributed by atoms with Crippen LogP contribution in [0.1, 0.15) is 60.5 Å². The molecule has 1 aromatic carbocycles. The maximum atomic E-state index is 4.15. The third-order valence-electron chi connectivity index (χ3n) is 4.20. The lowest BCUT2D eigenvalue weighted by atomic mass is 10.1. The van der Waals surface area contributed by atoms with Crippen molar-refractivity contribution in [2.24, 2.45) is 0 Å². The molecular formula is C25H40N2. The summed E-state index contributed by atoms with van der Waals surface area (Å²) in [5.41, 5.74) is 4.92. The predicted octanol–water partition coefficient (Wildman–Crippen LogP) is 5.91. The van der Waals surface area contributed by atoms with Crippen LogP contribution in [0.3, 0.4) is 0 Å². The van der Waals surface area contributed by atoms with Gasteiger partial charge in [-0.05, 0) is 51.5 Å². The molecule has 150 valence electrons. The molecule has 27 heavy (non-hydrogen) atoms. The van der Waals surface area contributed by atoms with Crippen molar-refractivity contribution in [3.05, 3.63) is 57.8 Å². The minimum Gasteiger partial charge on any atom is -0.378 e. The molecule has 1 heterocycles. The molecule has 0 aliphatic carbocycles. The molecule has 0 amide bonds. The number of nitrogens with zero attached hydrogens (tertiary/aromatic N) is 1. The van der Waals surface area contributed by atoms with Crippen LogP contribution in [-0.2, 0) is 0 Å². The molecule has 0 unspecified atom stereocenters. The molecule has 0 saturated carbocycles. The fourth-order valence-corrected chi connectivity index (χ4v) is 2.71. The number of hydrogen-bond acceptors (Lipinski definition) is 1. The lowest BCUT2D eigenvalue weighted by Gasteiger charge is -2.18. The van der Waals surface area contributed by atoms with Gasteiger partial charge in [0.25, 0.3) is 0 Å². The zero-order valence-electron chi connectivity index (χ0n) is 19.0. The maximum Gasteiger partial charge on any atom is 0.0464 e. The van der Waals surface area contributed by atoms with Crippen LogP contribution in [0.2, 0.25) is 0 Å². The van der Waals surface area contributed by atoms with Gasteiger partial charge in [0.15, 0.2) is 0 Å². The van der Waals surface area contributed by atoms with Gasteiger partial charge < -0.3 is 9.88 Å². The summed E-state index contributed by atoms with van der Waals surface area (Å²) in [4.78, 5) is 5.65. The van der Waals surface area contributed by atoms with E-state index < -0.39 is 0 Å². The summed E-state index contributed by atoms with van der Waals surface area (Å²) in [6.07, 6.45) is 7.74. The highest BCUT2D eigenvalue weighted by Crippen LogP contribution is 2.09. The molecule has 1 aromatic heterocycles. The van der Waals surface area contributed by atoms with Crippen molar-refractivity contribution < 1.29 is 0 Å². The molecule has 0 bridgehead atoms. The van der Waals surface area contributed by atoms with Gasteiger partial charge >= 0.3 is 0 Å². The molecule has 0 saturated heterocycles. The highest BCUT2D eigenvalue weighted by atomic mass is 15.1. The number of hydrogen-bond donors (Lipinski definition) is 1. The number of H-pyrrole nitrogens is 1. The van der Waals surface area contributed by atoms with Crippen LogP contribution in [0.4, 0.5) is 0 Å². The molecule has 2 rings (SSSR count). The van der Waals surface area contributed by atoms with Crippen LogP contribution in [0.25, 0.3) is 23.6 Å². The largest absolute Gasteiger partial charge is 0.378 e. The van der Waals surface area contributed by atoms with E-state index in [4.69, 9.17) is 0 Å². The van der Waals surface area contributed by atoms with Crippen molar-refractivity contribution in [2.75, 3.05) is 13.6 Å². The Morgan fingerprint density at radius 3 is 2.33 bits per heavy atom. The maximum absolute atomic E-state index is 4.15. The van der Waals surface area contributed by atoms with Crippen LogP contribution >= 0.6 is 0 Å². The number of nitrogens with one attached hydrogen (secondary N) is 1. The quantitative estimate of drug-likeness (QED) is 0.650. The minimum absolute atomic E-state index is 0.974. The Hall–Kier alpha value is -2.22. The molecule has 0 spiro atoms. The van der Waals surface area contributed by atoms with E-state index in [0.29, 0.717) is 0 Å². The van der Waals surface area contributed by atoms with Gasteiger partial charge in [-0.1, -0.05) is 64.5 Å². The fraction of sp³-hybridized carbons (Fsp3) is 0.440. The summed E-state index contributed by atoms with van der Waals surface area (Å²) in [5, 5.41) is 3.40. The molecule has 0 aliphatic rings. The number of rotatable bonds is 5. The summed E-state index contributed by atoms with van der Waals surface area (Å²) < 4.78 is 0. The summed E-state index contributed by atoms with van der Waals surface area (Å²) >= 11 is 0. The standard InChI is InChI=1S/C21H28N2.2C2H6/c1-7-12-23(6)17(4)10-8-15(2)13-19-18(5)22-21-11-9-16(3)14-20(19)21;2*1-2/h8-11,13-14,22H,5,7,12H2,1-4,6H3;2*1-2H3/b15-8+,17-10+,19-13+;;. The third-order valence-corrected chi connectivity index (χ3v) is 4.20. The molecular weight excluding hydrogens is 328 g/mol. The second-order valence-corrected chi connectivity index (χ2v) is 6.35. The third kappa shape index (κ3) is 7.50. The Labute approximate surface area is 167 Å². The van der Waals surface area contributed by atoms with Crippen LogP contribution in [0, 0.1) is 6.92 Å². The zero-order chi connectivity index (χ0) is 21.0. The van der Waals surface area contributed by atoms with Crippen molar-refractivity contribution in [3.63, 3.8) is 0 Å². The average Bonchev–Trinajstić information content (AvgIpc) is 2.98. The Kier molecular flexibility index (Phi) is 12.0. The lowest BCUT2D eigenvalue weighted by Crippen LogP contribution is -2.20. The smallest absolute Gasteiger partial charge is 0.0464 e. The average molecular weight is 369 g/mol. The molecule has 0 aliphatic heterocycles. The van der Waals surface area contributed by atoms with Gasteiger partial charge in [0.2, 0.25) is 0 Å². The predicted molar refractivity (Wildman–Crippen MR) is 125 cm³/mol. The van der Waals surface area contributed by atoms with Crippen molar-refractivity contribution in [3.8, 4) is 0 Å². The normalized spacial score (nSPS) is 12.3. The highest BCUT2D eigenvalue weighted by molar-refractivity contribution is 5.82. The number of allylic oxidation sites excluding steroid dienone is 4. The first kappa shape index (κ1) is 24.8. The lowest BCUT2D eigenvalue weighted by molar-refractivity contribution is 0.418. The summed E-state index contributed by atoms with van der Waals surface area (Å²) in [6, 6.07) is 6.47. The van der Waals surface area contributed by atoms with E-state index in [-0.39, 0.29) is 0 Å². The fourth-order valence-electron chi connectivity index (χ4n) is 2.71. The summed E-state index contributed by atoms with van der Waals surface area (Å²) in [7, 11) is 2.14. The van der Waals surface area contributed by atoms with Gasteiger partial charge in [-0.15, -0.1) is 0 Å². The Balaban J connectivity index is 0.00000158. The van der Waals surface area contributed by atoms with E-state index in [1.54, 1.807) is 0 Å². The van der Waals surface area contributed by atoms with Crippen LogP contribution in [0.5, 0.6) is 0 Å². The molecule has 0 radical (unpaired) electrons. The van der Waals surface area contributed by atoms with Gasteiger partial charge in [-0.25, -0.2) is 0 Å². The van der Waals surface area contributed by atoms with E-state index in [2.05, 4.69) is 87.6 Å². The molecule has 1 N–H and O–H groups in total. The van der Waals surface area contributed by atoms with Crippen LogP contribution < -0.4 is 10.6 Å². The Morgan fingerprint density at radius 2 is 1.74 bits per heavy atom. The first-order valence-electron chi connectivity index (χ1n) is 10.3. The minimum atomic E-state index is 0.974. The van der Waals surface area contributed by atoms with E-state index in [9.17, 15) is 0 Å². The van der Waals surface area contributed by atoms with Gasteiger partial charge in [-0.2, -0.15) is 0 Å². The van der Waals surface area contributed by atoms with E-state index in [1.807, 2.05) is 27.7 Å². The van der Waals surface area contributed by atoms with Gasteiger partial charge in [0.1, 0.15) is 0 Å². The molecule has 0 atom stereocenters. The first-order chi connectivity index (χ1) is 12.9. The first-order valence-corrected chi connectivity index (χ1v) is 10.3. The van der Waals surface area contributed by atoms with Gasteiger partial charge in [-0.3, -0.25) is 0 Å². The van der Waals surface area contributed by atoms with Crippen molar-refractivity contribution in [2.45, 2.75) is 61.8 Å². The zero-order valence-corrected chi connectivity index (χ0v) is 19.0. The number of aromatic amines is 1. The Bertz CT molecular complexity index is 850. The molecule has 0 fully saturated rings. The SMILES string of the molecule is C=c1[nH]c2ccc(C)cc2/c1=C/C(C)=C/C=C(\C)N(C)CCC.CC.CC. The molecule has 2 aromatic rings. The number of aryl methyl sites for hydroxylation is 1. The second-order valence-electron chi connectivity index (χ2n) is 6.35. The van der Waals surface area contributed by atoms with Crippen LogP contribution in [0.15, 0.2) is 41.6 Å². The molecule has 2 heteroatoms. The highest BCUT2D eigenvalue weighted by Gasteiger charge is 2.00. The monoisotopic (exact) mass is 368 g/mol. The number of fused-ring (bicyclic) bond motifs is 1. The number of aromatic nitrogens is 1. The van der Waals surface area contributed by atoms with Crippen molar-refractivity contribution in [1.82, 2.24) is 9.88 Å². The van der Waals surface area contributed by atoms with E-state index >= 15 is 0 Å². The number of benzene rings is 1. The van der Waals surface area contributed by atoms with Crippen molar-refractivity contribution in [1.29, 1.82) is 0 Å². The molecule has 2 nitrogen and oxygen atoms in total. The van der Waals surface area contributed by atoms with E-state index in [1.165, 1.54) is 27.4 Å². The second kappa shape index (κ2) is 13.0. The van der Waals surface area contributed by atoms with Crippen LogP contribution in [-0.4, -0.2) is 23.5 Å². The van der Waals surface area contributed by atoms with E-state index in [0.717, 1.165) is 23.8 Å². The Morgan fingerprint density at radius 1 is 1.11 bits per heavy atom. The van der Waals surface area contributed by atoms with Gasteiger partial charge in [0, 0.05) is 40.8 Å². The summed E-state index contributed by atoms with van der Waals surface area (Å²) in [6.45, 7) is 21.9. The van der Waals surface area contributed by atoms with Gasteiger partial charge in [0.05, 0.1) is 0 Å². The van der Waals surface area contributed by atoms with Crippen molar-refractivity contribution >= 4 is 23.6 Å². The topological polar surface area (TPSA) is 19.0 Å². The summed E-state index contributed by atoms with van der Waals surface area (Å²) in [5.74, 6) is 0.